The van der Waals surface area contributed by atoms with Gasteiger partial charge in [0.2, 0.25) is 5.91 Å². The molecule has 1 aliphatic carbocycles. The van der Waals surface area contributed by atoms with Gasteiger partial charge in [0.05, 0.1) is 17.9 Å². The lowest BCUT2D eigenvalue weighted by molar-refractivity contribution is -0.115. The third kappa shape index (κ3) is 8.79. The molecule has 0 bridgehead atoms. The number of fused-ring (bicyclic) bond motifs is 1. The Morgan fingerprint density at radius 2 is 1.77 bits per heavy atom. The van der Waals surface area contributed by atoms with E-state index in [1.807, 2.05) is 36.4 Å². The number of thiophene rings is 1. The minimum absolute atomic E-state index is 0.0669. The molecule has 8 nitrogen and oxygen atoms in total. The first-order valence-corrected chi connectivity index (χ1v) is 17.6. The average Bonchev–Trinajstić information content (AvgIpc) is 3.41. The molecule has 2 unspecified atom stereocenters. The molecule has 1 aromatic heterocycles. The number of halogens is 1. The van der Waals surface area contributed by atoms with Crippen molar-refractivity contribution >= 4 is 79.5 Å². The van der Waals surface area contributed by atoms with E-state index in [4.69, 9.17) is 4.74 Å². The van der Waals surface area contributed by atoms with Gasteiger partial charge < -0.3 is 20.7 Å². The maximum atomic E-state index is 13.5. The second-order valence-electron chi connectivity index (χ2n) is 11.2. The van der Waals surface area contributed by atoms with Gasteiger partial charge in [0.15, 0.2) is 0 Å². The Labute approximate surface area is 290 Å². The molecule has 11 heteroatoms. The third-order valence-corrected chi connectivity index (χ3v) is 10.4. The highest BCUT2D eigenvalue weighted by Crippen LogP contribution is 2.40. The SMILES string of the molecule is COC(=O)c1c(NC(=O)C(C)Sc2cccc(NC(=O)/C(=C\c3cccc(Br)c3)NC(=O)c3ccccc3)c2)sc2c1CCC(C)C2. The summed E-state index contributed by atoms with van der Waals surface area (Å²) in [6, 6.07) is 23.2. The Morgan fingerprint density at radius 1 is 1.00 bits per heavy atom. The maximum Gasteiger partial charge on any atom is 0.341 e. The van der Waals surface area contributed by atoms with E-state index in [-0.39, 0.29) is 11.6 Å². The van der Waals surface area contributed by atoms with Crippen LogP contribution in [0.25, 0.3) is 6.08 Å². The zero-order valence-corrected chi connectivity index (χ0v) is 29.3. The Morgan fingerprint density at radius 3 is 2.51 bits per heavy atom. The number of carbonyl (C=O) groups is 4. The summed E-state index contributed by atoms with van der Waals surface area (Å²) in [4.78, 5) is 54.4. The number of nitrogens with one attached hydrogen (secondary N) is 3. The zero-order valence-electron chi connectivity index (χ0n) is 26.1. The van der Waals surface area contributed by atoms with Crippen LogP contribution in [0.15, 0.2) is 93.9 Å². The third-order valence-electron chi connectivity index (χ3n) is 7.60. The fourth-order valence-electron chi connectivity index (χ4n) is 5.18. The van der Waals surface area contributed by atoms with Gasteiger partial charge in [-0.15, -0.1) is 23.1 Å². The van der Waals surface area contributed by atoms with E-state index >= 15 is 0 Å². The number of hydrogen-bond donors (Lipinski definition) is 3. The van der Waals surface area contributed by atoms with Crippen LogP contribution < -0.4 is 16.0 Å². The van der Waals surface area contributed by atoms with Gasteiger partial charge in [-0.05, 0) is 91.8 Å². The first kappa shape index (κ1) is 34.2. The highest BCUT2D eigenvalue weighted by Gasteiger charge is 2.29. The summed E-state index contributed by atoms with van der Waals surface area (Å²) in [5, 5.41) is 8.61. The lowest BCUT2D eigenvalue weighted by atomic mass is 9.88. The zero-order chi connectivity index (χ0) is 33.5. The van der Waals surface area contributed by atoms with Crippen molar-refractivity contribution < 1.29 is 23.9 Å². The molecule has 4 aromatic rings. The molecule has 0 radical (unpaired) electrons. The van der Waals surface area contributed by atoms with Crippen molar-refractivity contribution in [2.75, 3.05) is 17.7 Å². The molecule has 5 rings (SSSR count). The molecule has 3 N–H and O–H groups in total. The van der Waals surface area contributed by atoms with Crippen molar-refractivity contribution in [1.82, 2.24) is 5.32 Å². The number of anilines is 2. The summed E-state index contributed by atoms with van der Waals surface area (Å²) in [6.45, 7) is 3.98. The van der Waals surface area contributed by atoms with Crippen LogP contribution in [0.3, 0.4) is 0 Å². The number of hydrogen-bond acceptors (Lipinski definition) is 7. The second kappa shape index (κ2) is 15.6. The van der Waals surface area contributed by atoms with E-state index in [0.717, 1.165) is 44.6 Å². The lowest BCUT2D eigenvalue weighted by Gasteiger charge is -2.18. The summed E-state index contributed by atoms with van der Waals surface area (Å²) in [5.41, 5.74) is 3.14. The van der Waals surface area contributed by atoms with E-state index in [1.165, 1.54) is 30.2 Å². The van der Waals surface area contributed by atoms with Crippen LogP contribution in [0.1, 0.15) is 57.0 Å². The molecular formula is C36H34BrN3O5S2. The van der Waals surface area contributed by atoms with Crippen molar-refractivity contribution in [3.05, 3.63) is 116 Å². The highest BCUT2D eigenvalue weighted by atomic mass is 79.9. The van der Waals surface area contributed by atoms with Crippen LogP contribution in [-0.2, 0) is 27.2 Å². The predicted molar refractivity (Wildman–Crippen MR) is 192 cm³/mol. The molecular weight excluding hydrogens is 698 g/mol. The molecule has 3 aromatic carbocycles. The van der Waals surface area contributed by atoms with Crippen molar-refractivity contribution in [3.63, 3.8) is 0 Å². The van der Waals surface area contributed by atoms with Crippen LogP contribution in [0.5, 0.6) is 0 Å². The Hall–Kier alpha value is -4.19. The molecule has 0 spiro atoms. The van der Waals surface area contributed by atoms with Gasteiger partial charge >= 0.3 is 5.97 Å². The minimum Gasteiger partial charge on any atom is -0.465 e. The number of esters is 1. The van der Waals surface area contributed by atoms with E-state index < -0.39 is 23.0 Å². The Kier molecular flexibility index (Phi) is 11.3. The monoisotopic (exact) mass is 731 g/mol. The molecule has 1 aliphatic rings. The van der Waals surface area contributed by atoms with E-state index in [0.29, 0.717) is 27.7 Å². The second-order valence-corrected chi connectivity index (χ2v) is 14.6. The van der Waals surface area contributed by atoms with Crippen molar-refractivity contribution in [2.24, 2.45) is 5.92 Å². The van der Waals surface area contributed by atoms with Crippen LogP contribution in [0.2, 0.25) is 0 Å². The summed E-state index contributed by atoms with van der Waals surface area (Å²) in [5.74, 6) is -1.09. The van der Waals surface area contributed by atoms with E-state index in [1.54, 1.807) is 55.5 Å². The van der Waals surface area contributed by atoms with Crippen LogP contribution in [0, 0.1) is 5.92 Å². The highest BCUT2D eigenvalue weighted by molar-refractivity contribution is 9.10. The molecule has 47 heavy (non-hydrogen) atoms. The average molecular weight is 733 g/mol. The summed E-state index contributed by atoms with van der Waals surface area (Å²) >= 11 is 6.22. The summed E-state index contributed by atoms with van der Waals surface area (Å²) < 4.78 is 5.89. The standard InChI is InChI=1S/C36H34BrN3O5S2/c1-21-15-16-28-30(17-21)47-35(31(28)36(44)45-3)40-32(41)22(2)46-27-14-8-13-26(20-27)38-34(43)29(19-23-9-7-12-25(37)18-23)39-33(42)24-10-5-4-6-11-24/h4-14,18-22H,15-17H2,1-3H3,(H,38,43)(H,39,42)(H,40,41)/b29-19+. The number of rotatable bonds is 10. The van der Waals surface area contributed by atoms with Crippen LogP contribution in [0.4, 0.5) is 10.7 Å². The largest absolute Gasteiger partial charge is 0.465 e. The maximum absolute atomic E-state index is 13.5. The normalized spacial score (nSPS) is 14.8. The molecule has 242 valence electrons. The molecule has 0 saturated carbocycles. The number of carbonyl (C=O) groups excluding carboxylic acids is 4. The number of benzene rings is 3. The first-order chi connectivity index (χ1) is 22.6. The van der Waals surface area contributed by atoms with Gasteiger partial charge in [-0.3, -0.25) is 14.4 Å². The number of ether oxygens (including phenoxy) is 1. The smallest absolute Gasteiger partial charge is 0.341 e. The molecule has 2 atom stereocenters. The Bertz CT molecular complexity index is 1840. The van der Waals surface area contributed by atoms with E-state index in [2.05, 4.69) is 38.8 Å². The van der Waals surface area contributed by atoms with Gasteiger partial charge in [0, 0.05) is 25.5 Å². The fourth-order valence-corrected chi connectivity index (χ4v) is 7.92. The fraction of sp³-hybridized carbons (Fsp3) is 0.222. The predicted octanol–water partition coefficient (Wildman–Crippen LogP) is 7.95. The van der Waals surface area contributed by atoms with Crippen molar-refractivity contribution in [1.29, 1.82) is 0 Å². The van der Waals surface area contributed by atoms with Gasteiger partial charge in [0.25, 0.3) is 11.8 Å². The quantitative estimate of drug-likeness (QED) is 0.0867. The number of methoxy groups -OCH3 is 1. The lowest BCUT2D eigenvalue weighted by Crippen LogP contribution is -2.30. The van der Waals surface area contributed by atoms with Gasteiger partial charge in [-0.1, -0.05) is 59.3 Å². The molecule has 0 aliphatic heterocycles. The molecule has 3 amide bonds. The molecule has 0 fully saturated rings. The molecule has 0 saturated heterocycles. The summed E-state index contributed by atoms with van der Waals surface area (Å²) in [7, 11) is 1.35. The first-order valence-electron chi connectivity index (χ1n) is 15.1. The topological polar surface area (TPSA) is 114 Å². The van der Waals surface area contributed by atoms with Gasteiger partial charge in [0.1, 0.15) is 10.7 Å². The van der Waals surface area contributed by atoms with Crippen molar-refractivity contribution in [2.45, 2.75) is 43.3 Å². The van der Waals surface area contributed by atoms with E-state index in [9.17, 15) is 19.2 Å². The van der Waals surface area contributed by atoms with Gasteiger partial charge in [-0.2, -0.15) is 0 Å². The number of amides is 3. The van der Waals surface area contributed by atoms with Crippen molar-refractivity contribution in [3.8, 4) is 0 Å². The molecule has 1 heterocycles. The minimum atomic E-state index is -0.512. The van der Waals surface area contributed by atoms with Crippen LogP contribution in [-0.4, -0.2) is 36.1 Å². The Balaban J connectivity index is 1.29. The summed E-state index contributed by atoms with van der Waals surface area (Å²) in [6.07, 6.45) is 4.25. The van der Waals surface area contributed by atoms with Gasteiger partial charge in [-0.25, -0.2) is 4.79 Å². The number of thioether (sulfide) groups is 1. The van der Waals surface area contributed by atoms with Crippen LogP contribution >= 0.6 is 39.0 Å².